The molecule has 0 heterocycles. The zero-order valence-electron chi connectivity index (χ0n) is 16.2. The van der Waals surface area contributed by atoms with Crippen molar-refractivity contribution in [2.75, 3.05) is 45.1 Å². The second kappa shape index (κ2) is 18.4. The van der Waals surface area contributed by atoms with E-state index in [4.69, 9.17) is 4.74 Å². The molecule has 0 aromatic carbocycles. The highest BCUT2D eigenvalue weighted by molar-refractivity contribution is 8.76. The Morgan fingerprint density at radius 1 is 1.20 bits per heavy atom. The van der Waals surface area contributed by atoms with Gasteiger partial charge in [0.05, 0.1) is 18.5 Å². The van der Waals surface area contributed by atoms with Gasteiger partial charge in [-0.05, 0) is 19.4 Å². The third-order valence-electron chi connectivity index (χ3n) is 2.96. The molecule has 0 aromatic heterocycles. The standard InChI is InChI=1S/C18H35N3O2S2/c1-5-9-19-12-14-24-25-18(6-2)21-11-13-23-15-17(22)20-10-7-8-16(3)4/h16,18-19,21H,5-6,9-15H2,1-4H3,(H,20,22). The predicted octanol–water partition coefficient (Wildman–Crippen LogP) is 2.49. The Morgan fingerprint density at radius 2 is 2.00 bits per heavy atom. The van der Waals surface area contributed by atoms with E-state index in [2.05, 4.69) is 41.6 Å². The molecule has 0 radical (unpaired) electrons. The molecule has 1 amide bonds. The van der Waals surface area contributed by atoms with E-state index in [1.54, 1.807) is 0 Å². The van der Waals surface area contributed by atoms with Crippen LogP contribution in [0.3, 0.4) is 0 Å². The molecule has 1 unspecified atom stereocenters. The van der Waals surface area contributed by atoms with E-state index in [0.717, 1.165) is 31.8 Å². The van der Waals surface area contributed by atoms with Crippen molar-refractivity contribution in [1.82, 2.24) is 16.0 Å². The van der Waals surface area contributed by atoms with E-state index in [0.29, 0.717) is 24.4 Å². The molecule has 3 N–H and O–H groups in total. The first-order valence-corrected chi connectivity index (χ1v) is 11.5. The minimum absolute atomic E-state index is 0.0901. The van der Waals surface area contributed by atoms with Gasteiger partial charge >= 0.3 is 0 Å². The minimum Gasteiger partial charge on any atom is -0.370 e. The maximum absolute atomic E-state index is 11.6. The number of nitrogens with one attached hydrogen (secondary N) is 3. The molecule has 5 nitrogen and oxygen atoms in total. The summed E-state index contributed by atoms with van der Waals surface area (Å²) in [5, 5.41) is 10.00. The molecular formula is C18H35N3O2S2. The van der Waals surface area contributed by atoms with Gasteiger partial charge in [-0.15, -0.1) is 0 Å². The summed E-state index contributed by atoms with van der Waals surface area (Å²) in [7, 11) is 3.77. The number of carbonyl (C=O) groups is 1. The summed E-state index contributed by atoms with van der Waals surface area (Å²) in [5.41, 5.74) is 0. The quantitative estimate of drug-likeness (QED) is 0.173. The van der Waals surface area contributed by atoms with E-state index < -0.39 is 0 Å². The summed E-state index contributed by atoms with van der Waals surface area (Å²) < 4.78 is 5.39. The van der Waals surface area contributed by atoms with Crippen molar-refractivity contribution in [1.29, 1.82) is 0 Å². The first kappa shape index (κ1) is 24.6. The van der Waals surface area contributed by atoms with Gasteiger partial charge in [-0.2, -0.15) is 0 Å². The van der Waals surface area contributed by atoms with Crippen LogP contribution in [0.25, 0.3) is 0 Å². The molecule has 0 saturated carbocycles. The fraction of sp³-hybridized carbons (Fsp3) is 0.833. The Morgan fingerprint density at radius 3 is 2.68 bits per heavy atom. The fourth-order valence-corrected chi connectivity index (χ4v) is 4.15. The largest absolute Gasteiger partial charge is 0.370 e. The first-order valence-electron chi connectivity index (χ1n) is 9.15. The van der Waals surface area contributed by atoms with Crippen LogP contribution in [0, 0.1) is 17.8 Å². The number of rotatable bonds is 15. The molecule has 0 bridgehead atoms. The molecule has 0 aromatic rings. The van der Waals surface area contributed by atoms with Gasteiger partial charge in [0.25, 0.3) is 0 Å². The summed E-state index contributed by atoms with van der Waals surface area (Å²) in [6.07, 6.45) is 2.25. The lowest BCUT2D eigenvalue weighted by molar-refractivity contribution is -0.125. The lowest BCUT2D eigenvalue weighted by atomic mass is 10.2. The highest BCUT2D eigenvalue weighted by Gasteiger charge is 2.06. The van der Waals surface area contributed by atoms with Crippen LogP contribution in [0.15, 0.2) is 0 Å². The van der Waals surface area contributed by atoms with Gasteiger partial charge in [0, 0.05) is 24.8 Å². The van der Waals surface area contributed by atoms with Crippen molar-refractivity contribution in [3.63, 3.8) is 0 Å². The number of carbonyl (C=O) groups excluding carboxylic acids is 1. The highest BCUT2D eigenvalue weighted by Crippen LogP contribution is 2.26. The van der Waals surface area contributed by atoms with Gasteiger partial charge in [-0.1, -0.05) is 61.1 Å². The smallest absolute Gasteiger partial charge is 0.246 e. The second-order valence-electron chi connectivity index (χ2n) is 5.82. The van der Waals surface area contributed by atoms with Gasteiger partial charge in [0.1, 0.15) is 6.61 Å². The van der Waals surface area contributed by atoms with Crippen molar-refractivity contribution in [3.8, 4) is 11.8 Å². The molecule has 7 heteroatoms. The van der Waals surface area contributed by atoms with Gasteiger partial charge in [0.2, 0.25) is 5.91 Å². The lowest BCUT2D eigenvalue weighted by Gasteiger charge is -2.15. The van der Waals surface area contributed by atoms with Crippen LogP contribution >= 0.6 is 21.6 Å². The number of amides is 1. The molecule has 0 spiro atoms. The molecule has 0 rings (SSSR count). The van der Waals surface area contributed by atoms with E-state index in [-0.39, 0.29) is 12.5 Å². The Labute approximate surface area is 162 Å². The third kappa shape index (κ3) is 18.2. The Kier molecular flexibility index (Phi) is 18.1. The molecule has 0 aliphatic heterocycles. The van der Waals surface area contributed by atoms with Crippen LogP contribution in [0.5, 0.6) is 0 Å². The lowest BCUT2D eigenvalue weighted by Crippen LogP contribution is -2.31. The van der Waals surface area contributed by atoms with Crippen LogP contribution in [0.2, 0.25) is 0 Å². The molecule has 0 fully saturated rings. The van der Waals surface area contributed by atoms with Crippen LogP contribution < -0.4 is 16.0 Å². The first-order chi connectivity index (χ1) is 12.1. The summed E-state index contributed by atoms with van der Waals surface area (Å²) in [6.45, 7) is 12.3. The zero-order valence-corrected chi connectivity index (χ0v) is 17.8. The number of hydrogen-bond acceptors (Lipinski definition) is 6. The zero-order chi connectivity index (χ0) is 18.8. The molecule has 1 atom stereocenters. The summed E-state index contributed by atoms with van der Waals surface area (Å²) >= 11 is 0. The maximum Gasteiger partial charge on any atom is 0.246 e. The third-order valence-corrected chi connectivity index (χ3v) is 5.80. The van der Waals surface area contributed by atoms with Crippen LogP contribution in [-0.2, 0) is 9.53 Å². The highest BCUT2D eigenvalue weighted by atomic mass is 33.1. The summed E-state index contributed by atoms with van der Waals surface area (Å²) in [5.74, 6) is 7.24. The van der Waals surface area contributed by atoms with Crippen LogP contribution in [0.4, 0.5) is 0 Å². The second-order valence-corrected chi connectivity index (χ2v) is 8.51. The molecule has 0 aliphatic rings. The monoisotopic (exact) mass is 389 g/mol. The topological polar surface area (TPSA) is 62.4 Å². The van der Waals surface area contributed by atoms with Crippen molar-refractivity contribution in [3.05, 3.63) is 0 Å². The number of hydrogen-bond donors (Lipinski definition) is 3. The Balaban J connectivity index is 3.54. The van der Waals surface area contributed by atoms with Crippen molar-refractivity contribution in [2.24, 2.45) is 5.92 Å². The molecular weight excluding hydrogens is 354 g/mol. The predicted molar refractivity (Wildman–Crippen MR) is 112 cm³/mol. The van der Waals surface area contributed by atoms with E-state index in [1.165, 1.54) is 6.42 Å². The van der Waals surface area contributed by atoms with Gasteiger partial charge in [-0.25, -0.2) is 0 Å². The van der Waals surface area contributed by atoms with E-state index >= 15 is 0 Å². The molecule has 0 saturated heterocycles. The van der Waals surface area contributed by atoms with E-state index in [9.17, 15) is 4.79 Å². The van der Waals surface area contributed by atoms with Gasteiger partial charge in [-0.3, -0.25) is 4.79 Å². The van der Waals surface area contributed by atoms with E-state index in [1.807, 2.05) is 35.4 Å². The van der Waals surface area contributed by atoms with Gasteiger partial charge in [0.15, 0.2) is 0 Å². The fourth-order valence-electron chi connectivity index (χ4n) is 1.70. The van der Waals surface area contributed by atoms with Gasteiger partial charge < -0.3 is 20.7 Å². The SMILES string of the molecule is CCCNCCSSC(CC)NCCOCC(=O)NCC#CC(C)C. The van der Waals surface area contributed by atoms with Crippen LogP contribution in [-0.4, -0.2) is 56.4 Å². The average molecular weight is 390 g/mol. The van der Waals surface area contributed by atoms with Crippen molar-refractivity contribution in [2.45, 2.75) is 45.9 Å². The summed E-state index contributed by atoms with van der Waals surface area (Å²) in [4.78, 5) is 11.6. The van der Waals surface area contributed by atoms with Crippen LogP contribution in [0.1, 0.15) is 40.5 Å². The maximum atomic E-state index is 11.6. The number of ether oxygens (including phenoxy) is 1. The molecule has 0 aliphatic carbocycles. The molecule has 146 valence electrons. The average Bonchev–Trinajstić information content (AvgIpc) is 2.59. The van der Waals surface area contributed by atoms with Crippen molar-refractivity contribution < 1.29 is 9.53 Å². The molecule has 25 heavy (non-hydrogen) atoms. The minimum atomic E-state index is -0.116. The van der Waals surface area contributed by atoms with Crippen molar-refractivity contribution >= 4 is 27.5 Å². The Bertz CT molecular complexity index is 384. The summed E-state index contributed by atoms with van der Waals surface area (Å²) in [6, 6.07) is 0. The Hall–Kier alpha value is -0.390. The normalized spacial score (nSPS) is 11.9.